The van der Waals surface area contributed by atoms with E-state index in [0.29, 0.717) is 18.6 Å². The van der Waals surface area contributed by atoms with Crippen molar-refractivity contribution in [3.05, 3.63) is 23.7 Å². The molecule has 0 amide bonds. The van der Waals surface area contributed by atoms with Gasteiger partial charge >= 0.3 is 0 Å². The SMILES string of the molecule is CC#CCCC(=O)c1ccc(C)o1. The van der Waals surface area contributed by atoms with Gasteiger partial charge in [0.05, 0.1) is 0 Å². The molecule has 0 aliphatic heterocycles. The molecule has 0 unspecified atom stereocenters. The van der Waals surface area contributed by atoms with Crippen LogP contribution in [0.25, 0.3) is 0 Å². The second-order valence-electron chi connectivity index (χ2n) is 2.76. The first-order valence-electron chi connectivity index (χ1n) is 4.23. The van der Waals surface area contributed by atoms with Crippen molar-refractivity contribution in [3.8, 4) is 11.8 Å². The maximum atomic E-state index is 11.4. The summed E-state index contributed by atoms with van der Waals surface area (Å²) in [4.78, 5) is 11.4. The van der Waals surface area contributed by atoms with Crippen LogP contribution in [0.5, 0.6) is 0 Å². The van der Waals surface area contributed by atoms with Gasteiger partial charge in [0.15, 0.2) is 11.5 Å². The highest BCUT2D eigenvalue weighted by atomic mass is 16.3. The Morgan fingerprint density at radius 2 is 2.31 bits per heavy atom. The summed E-state index contributed by atoms with van der Waals surface area (Å²) in [6.07, 6.45) is 1.04. The lowest BCUT2D eigenvalue weighted by atomic mass is 10.2. The fraction of sp³-hybridized carbons (Fsp3) is 0.364. The van der Waals surface area contributed by atoms with Gasteiger partial charge in [0.25, 0.3) is 0 Å². The summed E-state index contributed by atoms with van der Waals surface area (Å²) < 4.78 is 5.18. The van der Waals surface area contributed by atoms with Crippen molar-refractivity contribution >= 4 is 5.78 Å². The molecule has 0 spiro atoms. The average molecular weight is 176 g/mol. The van der Waals surface area contributed by atoms with Crippen LogP contribution in [0.15, 0.2) is 16.5 Å². The van der Waals surface area contributed by atoms with E-state index in [4.69, 9.17) is 4.42 Å². The van der Waals surface area contributed by atoms with Crippen LogP contribution in [0, 0.1) is 18.8 Å². The summed E-state index contributed by atoms with van der Waals surface area (Å²) in [6, 6.07) is 3.50. The number of rotatable bonds is 3. The lowest BCUT2D eigenvalue weighted by molar-refractivity contribution is 0.0956. The molecule has 1 rings (SSSR count). The quantitative estimate of drug-likeness (QED) is 0.523. The Morgan fingerprint density at radius 3 is 2.85 bits per heavy atom. The largest absolute Gasteiger partial charge is 0.458 e. The Morgan fingerprint density at radius 1 is 1.54 bits per heavy atom. The van der Waals surface area contributed by atoms with E-state index in [1.54, 1.807) is 19.1 Å². The van der Waals surface area contributed by atoms with Gasteiger partial charge in [-0.2, -0.15) is 0 Å². The number of ketones is 1. The molecule has 2 nitrogen and oxygen atoms in total. The van der Waals surface area contributed by atoms with E-state index < -0.39 is 0 Å². The van der Waals surface area contributed by atoms with E-state index in [1.807, 2.05) is 6.92 Å². The molecule has 0 bridgehead atoms. The number of hydrogen-bond donors (Lipinski definition) is 0. The molecule has 1 aromatic rings. The van der Waals surface area contributed by atoms with Crippen molar-refractivity contribution in [2.75, 3.05) is 0 Å². The van der Waals surface area contributed by atoms with E-state index in [1.165, 1.54) is 0 Å². The van der Waals surface area contributed by atoms with Crippen LogP contribution < -0.4 is 0 Å². The highest BCUT2D eigenvalue weighted by molar-refractivity contribution is 5.93. The van der Waals surface area contributed by atoms with E-state index in [-0.39, 0.29) is 5.78 Å². The molecule has 68 valence electrons. The molecular formula is C11H12O2. The predicted octanol–water partition coefficient (Wildman–Crippen LogP) is 2.57. The molecule has 0 saturated carbocycles. The molecule has 1 heterocycles. The van der Waals surface area contributed by atoms with Crippen molar-refractivity contribution in [3.63, 3.8) is 0 Å². The number of carbonyl (C=O) groups is 1. The Bertz CT molecular complexity index is 350. The van der Waals surface area contributed by atoms with Crippen LogP contribution in [-0.4, -0.2) is 5.78 Å². The zero-order valence-electron chi connectivity index (χ0n) is 7.89. The molecule has 0 fully saturated rings. The molecule has 1 aromatic heterocycles. The van der Waals surface area contributed by atoms with Gasteiger partial charge in [0.1, 0.15) is 5.76 Å². The van der Waals surface area contributed by atoms with Crippen molar-refractivity contribution < 1.29 is 9.21 Å². The van der Waals surface area contributed by atoms with Gasteiger partial charge in [-0.3, -0.25) is 4.79 Å². The summed E-state index contributed by atoms with van der Waals surface area (Å²) in [6.45, 7) is 3.59. The van der Waals surface area contributed by atoms with Crippen molar-refractivity contribution in [1.82, 2.24) is 0 Å². The molecule has 13 heavy (non-hydrogen) atoms. The minimum Gasteiger partial charge on any atom is -0.458 e. The van der Waals surface area contributed by atoms with E-state index in [0.717, 1.165) is 5.76 Å². The van der Waals surface area contributed by atoms with E-state index >= 15 is 0 Å². The molecule has 0 aliphatic carbocycles. The second kappa shape index (κ2) is 4.51. The third-order valence-electron chi connectivity index (χ3n) is 1.67. The number of aryl methyl sites for hydroxylation is 1. The summed E-state index contributed by atoms with van der Waals surface area (Å²) in [5, 5.41) is 0. The molecule has 0 aliphatic rings. The molecule has 0 aromatic carbocycles. The van der Waals surface area contributed by atoms with Crippen LogP contribution in [-0.2, 0) is 0 Å². The average Bonchev–Trinajstić information content (AvgIpc) is 2.52. The second-order valence-corrected chi connectivity index (χ2v) is 2.76. The standard InChI is InChI=1S/C11H12O2/c1-3-4-5-6-10(12)11-8-7-9(2)13-11/h7-8H,5-6H2,1-2H3. The zero-order valence-corrected chi connectivity index (χ0v) is 7.89. The Labute approximate surface area is 77.9 Å². The summed E-state index contributed by atoms with van der Waals surface area (Å²) in [7, 11) is 0. The normalized spacial score (nSPS) is 9.08. The van der Waals surface area contributed by atoms with Gasteiger partial charge in [-0.25, -0.2) is 0 Å². The number of hydrogen-bond acceptors (Lipinski definition) is 2. The van der Waals surface area contributed by atoms with Crippen LogP contribution in [0.2, 0.25) is 0 Å². The zero-order chi connectivity index (χ0) is 9.68. The third kappa shape index (κ3) is 2.79. The molecule has 0 saturated heterocycles. The van der Waals surface area contributed by atoms with E-state index in [9.17, 15) is 4.79 Å². The van der Waals surface area contributed by atoms with Gasteiger partial charge in [-0.15, -0.1) is 11.8 Å². The molecule has 0 N–H and O–H groups in total. The Balaban J connectivity index is 2.52. The highest BCUT2D eigenvalue weighted by Gasteiger charge is 2.08. The van der Waals surface area contributed by atoms with Crippen molar-refractivity contribution in [2.45, 2.75) is 26.7 Å². The first-order chi connectivity index (χ1) is 6.24. The Kier molecular flexibility index (Phi) is 3.33. The van der Waals surface area contributed by atoms with Gasteiger partial charge in [-0.1, -0.05) is 0 Å². The van der Waals surface area contributed by atoms with Gasteiger partial charge < -0.3 is 4.42 Å². The fourth-order valence-corrected chi connectivity index (χ4v) is 1.01. The third-order valence-corrected chi connectivity index (χ3v) is 1.67. The number of carbonyl (C=O) groups excluding carboxylic acids is 1. The number of Topliss-reactive ketones (excluding diaryl/α,β-unsaturated/α-hetero) is 1. The van der Waals surface area contributed by atoms with E-state index in [2.05, 4.69) is 11.8 Å². The highest BCUT2D eigenvalue weighted by Crippen LogP contribution is 2.09. The Hall–Kier alpha value is -1.49. The van der Waals surface area contributed by atoms with Gasteiger partial charge in [0, 0.05) is 12.8 Å². The van der Waals surface area contributed by atoms with Gasteiger partial charge in [-0.05, 0) is 26.0 Å². The van der Waals surface area contributed by atoms with Gasteiger partial charge in [0.2, 0.25) is 0 Å². The first-order valence-corrected chi connectivity index (χ1v) is 4.23. The minimum atomic E-state index is 0.0239. The number of furan rings is 1. The van der Waals surface area contributed by atoms with Crippen molar-refractivity contribution in [2.24, 2.45) is 0 Å². The summed E-state index contributed by atoms with van der Waals surface area (Å²) in [5.74, 6) is 6.82. The minimum absolute atomic E-state index is 0.0239. The topological polar surface area (TPSA) is 30.2 Å². The van der Waals surface area contributed by atoms with Crippen molar-refractivity contribution in [1.29, 1.82) is 0 Å². The lowest BCUT2D eigenvalue weighted by Crippen LogP contribution is -1.95. The summed E-state index contributed by atoms with van der Waals surface area (Å²) in [5.41, 5.74) is 0. The molecule has 0 atom stereocenters. The van der Waals surface area contributed by atoms with Crippen LogP contribution >= 0.6 is 0 Å². The maximum Gasteiger partial charge on any atom is 0.198 e. The molecular weight excluding hydrogens is 164 g/mol. The predicted molar refractivity (Wildman–Crippen MR) is 50.5 cm³/mol. The summed E-state index contributed by atoms with van der Waals surface area (Å²) >= 11 is 0. The van der Waals surface area contributed by atoms with Crippen LogP contribution in [0.4, 0.5) is 0 Å². The first kappa shape index (κ1) is 9.60. The molecule has 2 heteroatoms. The smallest absolute Gasteiger partial charge is 0.198 e. The monoisotopic (exact) mass is 176 g/mol. The van der Waals surface area contributed by atoms with Crippen LogP contribution in [0.1, 0.15) is 36.1 Å². The van der Waals surface area contributed by atoms with Crippen LogP contribution in [0.3, 0.4) is 0 Å². The lowest BCUT2D eigenvalue weighted by Gasteiger charge is -1.91. The fourth-order valence-electron chi connectivity index (χ4n) is 1.01. The maximum absolute atomic E-state index is 11.4. The molecule has 0 radical (unpaired) electrons.